The minimum Gasteiger partial charge on any atom is -0.370 e. The molecule has 0 N–H and O–H groups in total. The van der Waals surface area contributed by atoms with E-state index in [-0.39, 0.29) is 0 Å². The predicted molar refractivity (Wildman–Crippen MR) is 56.2 cm³/mol. The van der Waals surface area contributed by atoms with Crippen LogP contribution in [0.2, 0.25) is 0 Å². The molecular formula is C12H16O2. The van der Waals surface area contributed by atoms with Crippen molar-refractivity contribution in [2.24, 2.45) is 0 Å². The van der Waals surface area contributed by atoms with Crippen LogP contribution in [0.25, 0.3) is 0 Å². The number of carbonyl (C=O) groups excluding carboxylic acids is 1. The Morgan fingerprint density at radius 2 is 2.00 bits per heavy atom. The van der Waals surface area contributed by atoms with Crippen LogP contribution in [-0.2, 0) is 16.0 Å². The molecule has 0 saturated heterocycles. The first kappa shape index (κ1) is 10.9. The Morgan fingerprint density at radius 1 is 1.36 bits per heavy atom. The molecule has 0 heterocycles. The third-order valence-electron chi connectivity index (χ3n) is 2.57. The van der Waals surface area contributed by atoms with Gasteiger partial charge < -0.3 is 9.53 Å². The molecular weight excluding hydrogens is 176 g/mol. The maximum atomic E-state index is 11.0. The Kier molecular flexibility index (Phi) is 3.84. The molecule has 1 atom stereocenters. The van der Waals surface area contributed by atoms with E-state index in [0.29, 0.717) is 12.8 Å². The van der Waals surface area contributed by atoms with Crippen molar-refractivity contribution in [3.05, 3.63) is 35.9 Å². The van der Waals surface area contributed by atoms with E-state index in [0.717, 1.165) is 11.8 Å². The van der Waals surface area contributed by atoms with Crippen LogP contribution in [0.4, 0.5) is 0 Å². The Bertz CT molecular complexity index is 276. The summed E-state index contributed by atoms with van der Waals surface area (Å²) in [6.07, 6.45) is 2.24. The SMILES string of the molecule is CCC(C=O)(Cc1ccccc1)OC. The highest BCUT2D eigenvalue weighted by atomic mass is 16.5. The van der Waals surface area contributed by atoms with Gasteiger partial charge >= 0.3 is 0 Å². The minimum atomic E-state index is -0.651. The standard InChI is InChI=1S/C12H16O2/c1-3-12(10-13,14-2)9-11-7-5-4-6-8-11/h4-8,10H,3,9H2,1-2H3. The van der Waals surface area contributed by atoms with E-state index >= 15 is 0 Å². The summed E-state index contributed by atoms with van der Waals surface area (Å²) < 4.78 is 5.27. The first-order valence-corrected chi connectivity index (χ1v) is 4.82. The van der Waals surface area contributed by atoms with Gasteiger partial charge in [-0.25, -0.2) is 0 Å². The van der Waals surface area contributed by atoms with Crippen LogP contribution in [0, 0.1) is 0 Å². The second kappa shape index (κ2) is 4.91. The first-order valence-electron chi connectivity index (χ1n) is 4.82. The summed E-state index contributed by atoms with van der Waals surface area (Å²) >= 11 is 0. The highest BCUT2D eigenvalue weighted by molar-refractivity contribution is 5.63. The monoisotopic (exact) mass is 192 g/mol. The molecule has 0 aliphatic carbocycles. The molecule has 0 spiro atoms. The summed E-state index contributed by atoms with van der Waals surface area (Å²) in [6, 6.07) is 9.91. The van der Waals surface area contributed by atoms with E-state index < -0.39 is 5.60 Å². The number of aldehydes is 1. The van der Waals surface area contributed by atoms with Gasteiger partial charge in [0.15, 0.2) is 6.29 Å². The van der Waals surface area contributed by atoms with Crippen molar-refractivity contribution in [2.45, 2.75) is 25.4 Å². The van der Waals surface area contributed by atoms with E-state index in [1.54, 1.807) is 7.11 Å². The number of ether oxygens (including phenoxy) is 1. The summed E-state index contributed by atoms with van der Waals surface area (Å²) in [5, 5.41) is 0. The van der Waals surface area contributed by atoms with E-state index in [2.05, 4.69) is 0 Å². The van der Waals surface area contributed by atoms with Crippen LogP contribution < -0.4 is 0 Å². The van der Waals surface area contributed by atoms with Crippen molar-refractivity contribution in [1.29, 1.82) is 0 Å². The van der Waals surface area contributed by atoms with Gasteiger partial charge in [0.2, 0.25) is 0 Å². The van der Waals surface area contributed by atoms with E-state index in [1.807, 2.05) is 37.3 Å². The minimum absolute atomic E-state index is 0.643. The van der Waals surface area contributed by atoms with E-state index in [1.165, 1.54) is 0 Å². The van der Waals surface area contributed by atoms with Crippen molar-refractivity contribution in [3.63, 3.8) is 0 Å². The molecule has 0 radical (unpaired) electrons. The Hall–Kier alpha value is -1.15. The van der Waals surface area contributed by atoms with Crippen LogP contribution in [0.1, 0.15) is 18.9 Å². The summed E-state index contributed by atoms with van der Waals surface area (Å²) in [5.74, 6) is 0. The molecule has 2 nitrogen and oxygen atoms in total. The third kappa shape index (κ3) is 2.42. The molecule has 14 heavy (non-hydrogen) atoms. The molecule has 0 aliphatic rings. The normalized spacial score (nSPS) is 14.7. The van der Waals surface area contributed by atoms with Gasteiger partial charge in [0, 0.05) is 13.5 Å². The van der Waals surface area contributed by atoms with Crippen molar-refractivity contribution >= 4 is 6.29 Å². The summed E-state index contributed by atoms with van der Waals surface area (Å²) in [4.78, 5) is 11.0. The zero-order valence-corrected chi connectivity index (χ0v) is 8.69. The average Bonchev–Trinajstić information content (AvgIpc) is 2.28. The maximum Gasteiger partial charge on any atom is 0.152 e. The van der Waals surface area contributed by atoms with Crippen LogP contribution in [0.15, 0.2) is 30.3 Å². The molecule has 2 heteroatoms. The largest absolute Gasteiger partial charge is 0.370 e. The van der Waals surface area contributed by atoms with E-state index in [9.17, 15) is 4.79 Å². The molecule has 1 aromatic rings. The van der Waals surface area contributed by atoms with Gasteiger partial charge in [0.25, 0.3) is 0 Å². The van der Waals surface area contributed by atoms with Gasteiger partial charge in [-0.2, -0.15) is 0 Å². The zero-order chi connectivity index (χ0) is 10.4. The van der Waals surface area contributed by atoms with Crippen LogP contribution >= 0.6 is 0 Å². The van der Waals surface area contributed by atoms with Crippen LogP contribution in [0.3, 0.4) is 0 Å². The second-order valence-electron chi connectivity index (χ2n) is 3.40. The summed E-state index contributed by atoms with van der Waals surface area (Å²) in [5.41, 5.74) is 0.477. The summed E-state index contributed by atoms with van der Waals surface area (Å²) in [6.45, 7) is 1.96. The lowest BCUT2D eigenvalue weighted by Crippen LogP contribution is -2.35. The van der Waals surface area contributed by atoms with Gasteiger partial charge in [-0.3, -0.25) is 0 Å². The lowest BCUT2D eigenvalue weighted by molar-refractivity contribution is -0.127. The predicted octanol–water partition coefficient (Wildman–Crippen LogP) is 2.22. The molecule has 0 saturated carbocycles. The number of carbonyl (C=O) groups is 1. The zero-order valence-electron chi connectivity index (χ0n) is 8.69. The molecule has 0 aliphatic heterocycles. The lowest BCUT2D eigenvalue weighted by atomic mass is 9.93. The number of benzene rings is 1. The highest BCUT2D eigenvalue weighted by Crippen LogP contribution is 2.18. The Balaban J connectivity index is 2.79. The van der Waals surface area contributed by atoms with Gasteiger partial charge in [0.05, 0.1) is 0 Å². The quantitative estimate of drug-likeness (QED) is 0.669. The van der Waals surface area contributed by atoms with E-state index in [4.69, 9.17) is 4.74 Å². The van der Waals surface area contributed by atoms with Gasteiger partial charge in [-0.15, -0.1) is 0 Å². The number of methoxy groups -OCH3 is 1. The fourth-order valence-electron chi connectivity index (χ4n) is 1.46. The highest BCUT2D eigenvalue weighted by Gasteiger charge is 2.27. The molecule has 1 unspecified atom stereocenters. The molecule has 1 rings (SSSR count). The van der Waals surface area contributed by atoms with Crippen molar-refractivity contribution in [2.75, 3.05) is 7.11 Å². The van der Waals surface area contributed by atoms with Gasteiger partial charge in [0.1, 0.15) is 5.60 Å². The topological polar surface area (TPSA) is 26.3 Å². The maximum absolute atomic E-state index is 11.0. The average molecular weight is 192 g/mol. The smallest absolute Gasteiger partial charge is 0.152 e. The van der Waals surface area contributed by atoms with Gasteiger partial charge in [-0.1, -0.05) is 37.3 Å². The van der Waals surface area contributed by atoms with Gasteiger partial charge in [-0.05, 0) is 12.0 Å². The molecule has 76 valence electrons. The third-order valence-corrected chi connectivity index (χ3v) is 2.57. The molecule has 0 fully saturated rings. The van der Waals surface area contributed by atoms with Crippen molar-refractivity contribution < 1.29 is 9.53 Å². The van der Waals surface area contributed by atoms with Crippen LogP contribution in [-0.4, -0.2) is 19.0 Å². The van der Waals surface area contributed by atoms with Crippen LogP contribution in [0.5, 0.6) is 0 Å². The number of hydrogen-bond donors (Lipinski definition) is 0. The fraction of sp³-hybridized carbons (Fsp3) is 0.417. The van der Waals surface area contributed by atoms with Crippen molar-refractivity contribution in [3.8, 4) is 0 Å². The molecule has 0 amide bonds. The summed E-state index contributed by atoms with van der Waals surface area (Å²) in [7, 11) is 1.58. The van der Waals surface area contributed by atoms with Crippen molar-refractivity contribution in [1.82, 2.24) is 0 Å². The Morgan fingerprint density at radius 3 is 2.43 bits per heavy atom. The lowest BCUT2D eigenvalue weighted by Gasteiger charge is -2.24. The second-order valence-corrected chi connectivity index (χ2v) is 3.40. The Labute approximate surface area is 84.9 Å². The molecule has 0 aromatic heterocycles. The molecule has 0 bridgehead atoms. The number of hydrogen-bond acceptors (Lipinski definition) is 2. The molecule has 1 aromatic carbocycles. The number of rotatable bonds is 5. The first-order chi connectivity index (χ1) is 6.76. The fourth-order valence-corrected chi connectivity index (χ4v) is 1.46.